The number of rotatable bonds is 4. The summed E-state index contributed by atoms with van der Waals surface area (Å²) in [5, 5.41) is 9.90. The monoisotopic (exact) mass is 617 g/mol. The van der Waals surface area contributed by atoms with E-state index in [0.717, 1.165) is 39.0 Å². The van der Waals surface area contributed by atoms with Crippen molar-refractivity contribution in [2.75, 3.05) is 4.90 Å². The van der Waals surface area contributed by atoms with E-state index in [1.807, 2.05) is 23.5 Å². The van der Waals surface area contributed by atoms with Gasteiger partial charge in [0.15, 0.2) is 0 Å². The van der Waals surface area contributed by atoms with Crippen LogP contribution in [0.5, 0.6) is 0 Å². The molecule has 0 aliphatic heterocycles. The van der Waals surface area contributed by atoms with Gasteiger partial charge in [0.1, 0.15) is 11.2 Å². The first kappa shape index (κ1) is 26.3. The number of anilines is 3. The molecule has 2 heterocycles. The zero-order valence-corrected chi connectivity index (χ0v) is 26.2. The summed E-state index contributed by atoms with van der Waals surface area (Å²) in [6.07, 6.45) is 0. The lowest BCUT2D eigenvalue weighted by Crippen LogP contribution is -2.10. The lowest BCUT2D eigenvalue weighted by molar-refractivity contribution is 0.669. The number of fused-ring (bicyclic) bond motifs is 9. The lowest BCUT2D eigenvalue weighted by Gasteiger charge is -2.27. The van der Waals surface area contributed by atoms with E-state index in [0.29, 0.717) is 0 Å². The number of benzene rings is 8. The van der Waals surface area contributed by atoms with Crippen molar-refractivity contribution < 1.29 is 4.42 Å². The van der Waals surface area contributed by atoms with Crippen LogP contribution < -0.4 is 4.90 Å². The lowest BCUT2D eigenvalue weighted by atomic mass is 9.98. The van der Waals surface area contributed by atoms with Gasteiger partial charge in [-0.1, -0.05) is 103 Å². The molecule has 0 saturated carbocycles. The van der Waals surface area contributed by atoms with E-state index in [-0.39, 0.29) is 0 Å². The maximum atomic E-state index is 6.38. The number of hydrogen-bond acceptors (Lipinski definition) is 3. The van der Waals surface area contributed by atoms with E-state index in [2.05, 4.69) is 157 Å². The number of para-hydroxylation sites is 1. The zero-order valence-electron chi connectivity index (χ0n) is 25.4. The molecule has 0 aliphatic carbocycles. The first-order valence-corrected chi connectivity index (χ1v) is 16.7. The fourth-order valence-corrected chi connectivity index (χ4v) is 8.33. The van der Waals surface area contributed by atoms with E-state index >= 15 is 0 Å². The molecule has 0 aliphatic rings. The maximum Gasteiger partial charge on any atom is 0.137 e. The molecule has 0 spiro atoms. The van der Waals surface area contributed by atoms with E-state index in [1.54, 1.807) is 0 Å². The Balaban J connectivity index is 1.20. The third-order valence-corrected chi connectivity index (χ3v) is 10.6. The van der Waals surface area contributed by atoms with E-state index < -0.39 is 0 Å². The SMILES string of the molecule is c1ccc(-c2ccc(N(c3ccc4c(c3)oc3ccccc34)c3cccc4c3ccc3cc5c(cc34)sc3ccccc35)cc2)cc1. The molecule has 2 nitrogen and oxygen atoms in total. The van der Waals surface area contributed by atoms with Gasteiger partial charge >= 0.3 is 0 Å². The highest BCUT2D eigenvalue weighted by atomic mass is 32.1. The molecule has 10 rings (SSSR count). The van der Waals surface area contributed by atoms with Gasteiger partial charge in [0.25, 0.3) is 0 Å². The molecule has 0 radical (unpaired) electrons. The van der Waals surface area contributed by atoms with Crippen molar-refractivity contribution in [3.63, 3.8) is 0 Å². The highest BCUT2D eigenvalue weighted by molar-refractivity contribution is 7.25. The quantitative estimate of drug-likeness (QED) is 0.183. The van der Waals surface area contributed by atoms with Gasteiger partial charge in [0.2, 0.25) is 0 Å². The van der Waals surface area contributed by atoms with Crippen molar-refractivity contribution >= 4 is 92.1 Å². The van der Waals surface area contributed by atoms with Crippen molar-refractivity contribution in [1.82, 2.24) is 0 Å². The summed E-state index contributed by atoms with van der Waals surface area (Å²) in [5.41, 5.74) is 7.46. The second-order valence-electron chi connectivity index (χ2n) is 12.1. The Morgan fingerprint density at radius 1 is 0.383 bits per heavy atom. The summed E-state index contributed by atoms with van der Waals surface area (Å²) in [6.45, 7) is 0. The molecule has 0 fully saturated rings. The third-order valence-electron chi connectivity index (χ3n) is 9.45. The van der Waals surface area contributed by atoms with Crippen LogP contribution in [0.1, 0.15) is 0 Å². The van der Waals surface area contributed by atoms with Crippen molar-refractivity contribution in [2.24, 2.45) is 0 Å². The summed E-state index contributed by atoms with van der Waals surface area (Å²) in [4.78, 5) is 2.37. The summed E-state index contributed by atoms with van der Waals surface area (Å²) < 4.78 is 9.02. The first-order valence-electron chi connectivity index (χ1n) is 15.9. The van der Waals surface area contributed by atoms with Gasteiger partial charge in [-0.2, -0.15) is 0 Å². The molecule has 0 unspecified atom stereocenters. The topological polar surface area (TPSA) is 16.4 Å². The van der Waals surface area contributed by atoms with E-state index in [1.165, 1.54) is 52.8 Å². The number of hydrogen-bond donors (Lipinski definition) is 0. The van der Waals surface area contributed by atoms with Crippen LogP contribution in [-0.4, -0.2) is 0 Å². The number of nitrogens with zero attached hydrogens (tertiary/aromatic N) is 1. The van der Waals surface area contributed by atoms with E-state index in [9.17, 15) is 0 Å². The Hall–Kier alpha value is -5.90. The second-order valence-corrected chi connectivity index (χ2v) is 13.2. The Labute approximate surface area is 275 Å². The smallest absolute Gasteiger partial charge is 0.137 e. The Bertz CT molecular complexity index is 2790. The summed E-state index contributed by atoms with van der Waals surface area (Å²) in [6, 6.07) is 59.0. The van der Waals surface area contributed by atoms with E-state index in [4.69, 9.17) is 4.42 Å². The minimum Gasteiger partial charge on any atom is -0.456 e. The summed E-state index contributed by atoms with van der Waals surface area (Å²) >= 11 is 1.87. The molecular weight excluding hydrogens is 591 g/mol. The molecule has 0 saturated heterocycles. The van der Waals surface area contributed by atoms with Crippen molar-refractivity contribution in [3.05, 3.63) is 164 Å². The molecule has 220 valence electrons. The van der Waals surface area contributed by atoms with Gasteiger partial charge in [-0.15, -0.1) is 11.3 Å². The van der Waals surface area contributed by atoms with Crippen LogP contribution in [0.3, 0.4) is 0 Å². The number of furan rings is 1. The minimum absolute atomic E-state index is 0.882. The fourth-order valence-electron chi connectivity index (χ4n) is 7.20. The van der Waals surface area contributed by atoms with Gasteiger partial charge in [0.05, 0.1) is 5.69 Å². The summed E-state index contributed by atoms with van der Waals surface area (Å²) in [7, 11) is 0. The second kappa shape index (κ2) is 10.3. The molecule has 8 aromatic carbocycles. The zero-order chi connectivity index (χ0) is 30.9. The van der Waals surface area contributed by atoms with Gasteiger partial charge in [-0.3, -0.25) is 0 Å². The molecule has 3 heteroatoms. The van der Waals surface area contributed by atoms with Crippen LogP contribution in [0.4, 0.5) is 17.1 Å². The Kier molecular flexibility index (Phi) is 5.78. The highest BCUT2D eigenvalue weighted by Gasteiger charge is 2.19. The molecule has 0 amide bonds. The predicted octanol–water partition coefficient (Wildman–Crippen LogP) is 13.4. The molecule has 0 bridgehead atoms. The van der Waals surface area contributed by atoms with Crippen LogP contribution in [-0.2, 0) is 0 Å². The van der Waals surface area contributed by atoms with Crippen molar-refractivity contribution in [2.45, 2.75) is 0 Å². The fraction of sp³-hybridized carbons (Fsp3) is 0. The third kappa shape index (κ3) is 4.17. The van der Waals surface area contributed by atoms with Crippen LogP contribution >= 0.6 is 11.3 Å². The normalized spacial score (nSPS) is 11.8. The van der Waals surface area contributed by atoms with Crippen LogP contribution in [0.25, 0.3) is 74.8 Å². The van der Waals surface area contributed by atoms with Crippen LogP contribution in [0, 0.1) is 0 Å². The Morgan fingerprint density at radius 3 is 1.98 bits per heavy atom. The van der Waals surface area contributed by atoms with Gasteiger partial charge < -0.3 is 9.32 Å². The van der Waals surface area contributed by atoms with Gasteiger partial charge in [-0.05, 0) is 81.9 Å². The maximum absolute atomic E-state index is 6.38. The molecule has 47 heavy (non-hydrogen) atoms. The largest absolute Gasteiger partial charge is 0.456 e. The average Bonchev–Trinajstić information content (AvgIpc) is 3.69. The predicted molar refractivity (Wildman–Crippen MR) is 202 cm³/mol. The van der Waals surface area contributed by atoms with Crippen molar-refractivity contribution in [3.8, 4) is 11.1 Å². The standard InChI is InChI=1S/C44H27NOS/c1-2-9-28(10-3-1)29-17-20-31(21-18-29)45(32-22-24-36-35-11-4-6-15-41(35)46-42(36)26-32)40-14-8-13-33-34(40)23-19-30-25-39-37-12-5-7-16-43(37)47-44(39)27-38(30)33/h1-27H. The molecular formula is C44H27NOS. The summed E-state index contributed by atoms with van der Waals surface area (Å²) in [5.74, 6) is 0. The van der Waals surface area contributed by atoms with Gasteiger partial charge in [-0.25, -0.2) is 0 Å². The molecule has 2 aromatic heterocycles. The first-order chi connectivity index (χ1) is 23.3. The van der Waals surface area contributed by atoms with Crippen LogP contribution in [0.2, 0.25) is 0 Å². The average molecular weight is 618 g/mol. The number of thiophene rings is 1. The Morgan fingerprint density at radius 2 is 1.09 bits per heavy atom. The van der Waals surface area contributed by atoms with Crippen molar-refractivity contribution in [1.29, 1.82) is 0 Å². The van der Waals surface area contributed by atoms with Crippen LogP contribution in [0.15, 0.2) is 168 Å². The molecule has 0 N–H and O–H groups in total. The highest BCUT2D eigenvalue weighted by Crippen LogP contribution is 2.44. The molecule has 0 atom stereocenters. The van der Waals surface area contributed by atoms with Gasteiger partial charge in [0, 0.05) is 53.8 Å². The minimum atomic E-state index is 0.882. The molecule has 10 aromatic rings.